The molecule has 0 aromatic heterocycles. The molecule has 1 aliphatic carbocycles. The van der Waals surface area contributed by atoms with Crippen molar-refractivity contribution in [2.45, 2.75) is 18.4 Å². The zero-order chi connectivity index (χ0) is 17.6. The number of nitro groups is 1. The molecule has 0 fully saturated rings. The Morgan fingerprint density at radius 3 is 2.88 bits per heavy atom. The highest BCUT2D eigenvalue weighted by Gasteiger charge is 2.38. The fourth-order valence-electron chi connectivity index (χ4n) is 3.94. The van der Waals surface area contributed by atoms with Crippen molar-refractivity contribution in [2.75, 3.05) is 12.4 Å². The highest BCUT2D eigenvalue weighted by Crippen LogP contribution is 2.50. The molecule has 0 saturated carbocycles. The predicted octanol–water partition coefficient (Wildman–Crippen LogP) is 5.08. The number of hydrogen-bond donors (Lipinski definition) is 1. The second-order valence-electron chi connectivity index (χ2n) is 6.40. The average Bonchev–Trinajstić information content (AvgIpc) is 3.10. The molecule has 4 rings (SSSR count). The Hall–Kier alpha value is -2.53. The first-order valence-electron chi connectivity index (χ1n) is 8.13. The maximum atomic E-state index is 11.4. The van der Waals surface area contributed by atoms with E-state index in [-0.39, 0.29) is 23.4 Å². The highest BCUT2D eigenvalue weighted by atomic mass is 35.5. The number of halogens is 1. The third kappa shape index (κ3) is 2.65. The Labute approximate surface area is 150 Å². The number of nitrogens with zero attached hydrogens (tertiary/aromatic N) is 1. The second-order valence-corrected chi connectivity index (χ2v) is 6.83. The van der Waals surface area contributed by atoms with Gasteiger partial charge in [-0.15, -0.1) is 0 Å². The first-order valence-corrected chi connectivity index (χ1v) is 8.51. The van der Waals surface area contributed by atoms with Crippen LogP contribution in [0.3, 0.4) is 0 Å². The lowest BCUT2D eigenvalue weighted by Gasteiger charge is -2.37. The molecule has 1 aliphatic heterocycles. The van der Waals surface area contributed by atoms with Crippen molar-refractivity contribution in [3.8, 4) is 5.75 Å². The van der Waals surface area contributed by atoms with Gasteiger partial charge in [0.15, 0.2) is 5.75 Å². The summed E-state index contributed by atoms with van der Waals surface area (Å²) < 4.78 is 5.12. The Balaban J connectivity index is 1.78. The van der Waals surface area contributed by atoms with Crippen LogP contribution >= 0.6 is 11.6 Å². The largest absolute Gasteiger partial charge is 0.490 e. The van der Waals surface area contributed by atoms with Crippen LogP contribution in [-0.4, -0.2) is 12.0 Å². The third-order valence-electron chi connectivity index (χ3n) is 5.08. The molecule has 1 N–H and O–H groups in total. The standard InChI is InChI=1S/C19H17ClN2O3/c1-25-18-8-5-11(9-17(18)22(23)24)19-14-4-2-3-13(14)15-10-12(20)6-7-16(15)21-19/h2-3,5-10,13-14,19,21H,4H2,1H3/t13-,14-,19-/m1/s1. The molecule has 0 saturated heterocycles. The van der Waals surface area contributed by atoms with E-state index in [0.29, 0.717) is 5.92 Å². The van der Waals surface area contributed by atoms with Gasteiger partial charge in [-0.05, 0) is 47.7 Å². The summed E-state index contributed by atoms with van der Waals surface area (Å²) in [4.78, 5) is 11.0. The molecule has 5 nitrogen and oxygen atoms in total. The number of nitro benzene ring substituents is 1. The fourth-order valence-corrected chi connectivity index (χ4v) is 4.12. The summed E-state index contributed by atoms with van der Waals surface area (Å²) in [7, 11) is 1.44. The zero-order valence-corrected chi connectivity index (χ0v) is 14.4. The summed E-state index contributed by atoms with van der Waals surface area (Å²) in [6.07, 6.45) is 5.32. The molecule has 128 valence electrons. The Bertz CT molecular complexity index is 881. The second kappa shape index (κ2) is 6.08. The van der Waals surface area contributed by atoms with Crippen molar-refractivity contribution < 1.29 is 9.66 Å². The van der Waals surface area contributed by atoms with E-state index in [1.807, 2.05) is 24.3 Å². The monoisotopic (exact) mass is 356 g/mol. The Kier molecular flexibility index (Phi) is 3.88. The number of fused-ring (bicyclic) bond motifs is 3. The van der Waals surface area contributed by atoms with E-state index in [4.69, 9.17) is 16.3 Å². The molecule has 2 aromatic carbocycles. The Morgan fingerprint density at radius 1 is 1.28 bits per heavy atom. The summed E-state index contributed by atoms with van der Waals surface area (Å²) in [5.41, 5.74) is 3.10. The molecule has 3 atom stereocenters. The summed E-state index contributed by atoms with van der Waals surface area (Å²) in [6, 6.07) is 11.0. The lowest BCUT2D eigenvalue weighted by molar-refractivity contribution is -0.385. The van der Waals surface area contributed by atoms with E-state index in [0.717, 1.165) is 22.7 Å². The van der Waals surface area contributed by atoms with E-state index in [2.05, 4.69) is 17.5 Å². The zero-order valence-electron chi connectivity index (χ0n) is 13.6. The topological polar surface area (TPSA) is 64.4 Å². The average molecular weight is 357 g/mol. The van der Waals surface area contributed by atoms with Gasteiger partial charge in [0.1, 0.15) is 0 Å². The molecular weight excluding hydrogens is 340 g/mol. The summed E-state index contributed by atoms with van der Waals surface area (Å²) in [5, 5.41) is 15.6. The molecule has 0 radical (unpaired) electrons. The SMILES string of the molecule is COc1ccc([C@H]2Nc3ccc(Cl)cc3[C@@H]3C=CC[C@@H]23)cc1[N+](=O)[O-]. The van der Waals surface area contributed by atoms with Crippen molar-refractivity contribution in [3.05, 3.63) is 74.8 Å². The highest BCUT2D eigenvalue weighted by molar-refractivity contribution is 6.30. The van der Waals surface area contributed by atoms with E-state index in [1.165, 1.54) is 12.7 Å². The molecule has 2 aliphatic rings. The van der Waals surface area contributed by atoms with Gasteiger partial charge in [0.25, 0.3) is 0 Å². The molecule has 0 bridgehead atoms. The van der Waals surface area contributed by atoms with Gasteiger partial charge < -0.3 is 10.1 Å². The normalized spacial score (nSPS) is 23.5. The number of anilines is 1. The smallest absolute Gasteiger partial charge is 0.311 e. The Morgan fingerprint density at radius 2 is 2.12 bits per heavy atom. The minimum atomic E-state index is -0.400. The molecule has 0 amide bonds. The van der Waals surface area contributed by atoms with Crippen molar-refractivity contribution in [2.24, 2.45) is 5.92 Å². The summed E-state index contributed by atoms with van der Waals surface area (Å²) >= 11 is 6.17. The van der Waals surface area contributed by atoms with Gasteiger partial charge in [0, 0.05) is 22.7 Å². The summed E-state index contributed by atoms with van der Waals surface area (Å²) in [5.74, 6) is 0.845. The number of hydrogen-bond acceptors (Lipinski definition) is 4. The minimum Gasteiger partial charge on any atom is -0.490 e. The van der Waals surface area contributed by atoms with Crippen LogP contribution in [0.15, 0.2) is 48.6 Å². The fraction of sp³-hybridized carbons (Fsp3) is 0.263. The molecule has 25 heavy (non-hydrogen) atoms. The van der Waals surface area contributed by atoms with E-state index in [1.54, 1.807) is 12.1 Å². The molecular formula is C19H17ClN2O3. The van der Waals surface area contributed by atoms with Gasteiger partial charge in [-0.3, -0.25) is 10.1 Å². The molecule has 2 aromatic rings. The van der Waals surface area contributed by atoms with Crippen LogP contribution in [0.1, 0.15) is 29.5 Å². The first-order chi connectivity index (χ1) is 12.1. The molecule has 0 unspecified atom stereocenters. The quantitative estimate of drug-likeness (QED) is 0.473. The lowest BCUT2D eigenvalue weighted by atomic mass is 9.77. The van der Waals surface area contributed by atoms with Gasteiger partial charge >= 0.3 is 5.69 Å². The lowest BCUT2D eigenvalue weighted by Crippen LogP contribution is -2.29. The van der Waals surface area contributed by atoms with Gasteiger partial charge in [-0.25, -0.2) is 0 Å². The van der Waals surface area contributed by atoms with Crippen LogP contribution < -0.4 is 10.1 Å². The minimum absolute atomic E-state index is 0.00159. The van der Waals surface area contributed by atoms with Crippen LogP contribution in [0, 0.1) is 16.0 Å². The number of nitrogens with one attached hydrogen (secondary N) is 1. The van der Waals surface area contributed by atoms with E-state index in [9.17, 15) is 10.1 Å². The van der Waals surface area contributed by atoms with Crippen LogP contribution in [0.4, 0.5) is 11.4 Å². The predicted molar refractivity (Wildman–Crippen MR) is 97.5 cm³/mol. The van der Waals surface area contributed by atoms with Crippen molar-refractivity contribution in [1.82, 2.24) is 0 Å². The third-order valence-corrected chi connectivity index (χ3v) is 5.32. The molecule has 1 heterocycles. The van der Waals surface area contributed by atoms with Crippen LogP contribution in [-0.2, 0) is 0 Å². The van der Waals surface area contributed by atoms with Gasteiger partial charge in [-0.1, -0.05) is 29.8 Å². The van der Waals surface area contributed by atoms with E-state index < -0.39 is 4.92 Å². The van der Waals surface area contributed by atoms with Crippen molar-refractivity contribution in [3.63, 3.8) is 0 Å². The molecule has 0 spiro atoms. The number of allylic oxidation sites excluding steroid dienone is 2. The maximum Gasteiger partial charge on any atom is 0.311 e. The van der Waals surface area contributed by atoms with Crippen molar-refractivity contribution in [1.29, 1.82) is 0 Å². The first kappa shape index (κ1) is 16.0. The number of ether oxygens (including phenoxy) is 1. The number of methoxy groups -OCH3 is 1. The van der Waals surface area contributed by atoms with Crippen molar-refractivity contribution >= 4 is 23.0 Å². The maximum absolute atomic E-state index is 11.4. The van der Waals surface area contributed by atoms with Gasteiger partial charge in [0.2, 0.25) is 0 Å². The van der Waals surface area contributed by atoms with Crippen LogP contribution in [0.2, 0.25) is 5.02 Å². The summed E-state index contributed by atoms with van der Waals surface area (Å²) in [6.45, 7) is 0. The van der Waals surface area contributed by atoms with Gasteiger partial charge in [0.05, 0.1) is 18.1 Å². The number of rotatable bonds is 3. The van der Waals surface area contributed by atoms with Crippen LogP contribution in [0.25, 0.3) is 0 Å². The van der Waals surface area contributed by atoms with E-state index >= 15 is 0 Å². The van der Waals surface area contributed by atoms with Crippen LogP contribution in [0.5, 0.6) is 5.75 Å². The number of benzene rings is 2. The van der Waals surface area contributed by atoms with Gasteiger partial charge in [-0.2, -0.15) is 0 Å². The molecule has 6 heteroatoms.